The van der Waals surface area contributed by atoms with Crippen LogP contribution in [0.5, 0.6) is 11.5 Å². The number of hydrogen-bond acceptors (Lipinski definition) is 3. The highest BCUT2D eigenvalue weighted by atomic mass is 16.5. The molecule has 112 valence electrons. The molecule has 0 unspecified atom stereocenters. The molecule has 0 saturated heterocycles. The molecule has 1 amide bonds. The Morgan fingerprint density at radius 3 is 1.85 bits per heavy atom. The van der Waals surface area contributed by atoms with Gasteiger partial charge in [-0.25, -0.2) is 0 Å². The monoisotopic (exact) mass is 279 g/mol. The van der Waals surface area contributed by atoms with E-state index in [1.807, 2.05) is 63.8 Å². The average molecular weight is 279 g/mol. The first-order chi connectivity index (χ1) is 9.45. The third-order valence-electron chi connectivity index (χ3n) is 2.90. The molecule has 0 fully saturated rings. The van der Waals surface area contributed by atoms with E-state index >= 15 is 0 Å². The van der Waals surface area contributed by atoms with Crippen LogP contribution in [0.25, 0.3) is 0 Å². The predicted octanol–water partition coefficient (Wildman–Crippen LogP) is 3.11. The van der Waals surface area contributed by atoms with Crippen molar-refractivity contribution in [3.63, 3.8) is 0 Å². The Kier molecular flexibility index (Phi) is 6.36. The molecule has 1 aromatic carbocycles. The first kappa shape index (κ1) is 16.3. The minimum atomic E-state index is 0.00360. The molecule has 1 rings (SSSR count). The normalized spacial score (nSPS) is 10.8. The fourth-order valence-corrected chi connectivity index (χ4v) is 2.19. The number of hydrogen-bond donors (Lipinski definition) is 0. The second kappa shape index (κ2) is 7.78. The summed E-state index contributed by atoms with van der Waals surface area (Å²) in [7, 11) is 0. The van der Waals surface area contributed by atoms with Crippen LogP contribution in [0.2, 0.25) is 0 Å². The second-order valence-corrected chi connectivity index (χ2v) is 5.18. The number of nitrogens with zero attached hydrogens (tertiary/aromatic N) is 1. The molecule has 0 aliphatic heterocycles. The molecular weight excluding hydrogens is 254 g/mol. The Morgan fingerprint density at radius 1 is 1.00 bits per heavy atom. The maximum absolute atomic E-state index is 12.1. The number of benzene rings is 1. The summed E-state index contributed by atoms with van der Waals surface area (Å²) in [4.78, 5) is 14.0. The summed E-state index contributed by atoms with van der Waals surface area (Å²) in [5.41, 5.74) is 0. The molecule has 4 nitrogen and oxygen atoms in total. The van der Waals surface area contributed by atoms with E-state index in [1.54, 1.807) is 0 Å². The van der Waals surface area contributed by atoms with Crippen LogP contribution < -0.4 is 9.47 Å². The van der Waals surface area contributed by atoms with Gasteiger partial charge in [0.05, 0.1) is 6.61 Å². The van der Waals surface area contributed by atoms with Crippen LogP contribution in [0.4, 0.5) is 0 Å². The van der Waals surface area contributed by atoms with Crippen molar-refractivity contribution in [1.29, 1.82) is 0 Å². The van der Waals surface area contributed by atoms with Gasteiger partial charge in [0.25, 0.3) is 5.91 Å². The first-order valence-corrected chi connectivity index (χ1v) is 7.12. The van der Waals surface area contributed by atoms with Crippen molar-refractivity contribution in [2.24, 2.45) is 0 Å². The van der Waals surface area contributed by atoms with Crippen molar-refractivity contribution < 1.29 is 14.3 Å². The Labute approximate surface area is 121 Å². The van der Waals surface area contributed by atoms with E-state index in [1.165, 1.54) is 0 Å². The number of ether oxygens (including phenoxy) is 2. The lowest BCUT2D eigenvalue weighted by Gasteiger charge is -2.30. The number of carbonyl (C=O) groups is 1. The highest BCUT2D eigenvalue weighted by Crippen LogP contribution is 2.17. The van der Waals surface area contributed by atoms with Crippen LogP contribution >= 0.6 is 0 Å². The number of amides is 1. The van der Waals surface area contributed by atoms with Gasteiger partial charge >= 0.3 is 0 Å². The molecule has 20 heavy (non-hydrogen) atoms. The third-order valence-corrected chi connectivity index (χ3v) is 2.90. The van der Waals surface area contributed by atoms with E-state index in [9.17, 15) is 4.79 Å². The van der Waals surface area contributed by atoms with Gasteiger partial charge in [0.2, 0.25) is 0 Å². The fourth-order valence-electron chi connectivity index (χ4n) is 2.19. The molecule has 0 aliphatic rings. The molecule has 0 spiro atoms. The van der Waals surface area contributed by atoms with E-state index < -0.39 is 0 Å². The third kappa shape index (κ3) is 4.76. The molecule has 0 radical (unpaired) electrons. The van der Waals surface area contributed by atoms with Gasteiger partial charge < -0.3 is 14.4 Å². The van der Waals surface area contributed by atoms with E-state index in [0.717, 1.165) is 5.75 Å². The van der Waals surface area contributed by atoms with Gasteiger partial charge in [-0.15, -0.1) is 0 Å². The minimum absolute atomic E-state index is 0.00360. The highest BCUT2D eigenvalue weighted by Gasteiger charge is 2.20. The van der Waals surface area contributed by atoms with Crippen LogP contribution in [0.1, 0.15) is 34.6 Å². The summed E-state index contributed by atoms with van der Waals surface area (Å²) in [5.74, 6) is 1.48. The van der Waals surface area contributed by atoms with Crippen molar-refractivity contribution in [2.75, 3.05) is 13.2 Å². The summed E-state index contributed by atoms with van der Waals surface area (Å²) < 4.78 is 10.9. The van der Waals surface area contributed by atoms with Gasteiger partial charge in [0, 0.05) is 12.1 Å². The van der Waals surface area contributed by atoms with E-state index in [2.05, 4.69) is 0 Å². The van der Waals surface area contributed by atoms with E-state index in [4.69, 9.17) is 9.47 Å². The standard InChI is InChI=1S/C16H25NO3/c1-6-19-14-7-9-15(10-8-14)20-11-16(18)17(12(2)3)13(4)5/h7-10,12-13H,6,11H2,1-5H3. The molecule has 4 heteroatoms. The summed E-state index contributed by atoms with van der Waals surface area (Å²) in [6, 6.07) is 7.65. The SMILES string of the molecule is CCOc1ccc(OCC(=O)N(C(C)C)C(C)C)cc1. The van der Waals surface area contributed by atoms with Crippen LogP contribution in [-0.2, 0) is 4.79 Å². The maximum Gasteiger partial charge on any atom is 0.260 e. The van der Waals surface area contributed by atoms with Crippen LogP contribution in [-0.4, -0.2) is 36.1 Å². The molecule has 0 bridgehead atoms. The predicted molar refractivity (Wildman–Crippen MR) is 80.2 cm³/mol. The smallest absolute Gasteiger partial charge is 0.260 e. The van der Waals surface area contributed by atoms with Crippen LogP contribution in [0.3, 0.4) is 0 Å². The maximum atomic E-state index is 12.1. The van der Waals surface area contributed by atoms with E-state index in [0.29, 0.717) is 12.4 Å². The first-order valence-electron chi connectivity index (χ1n) is 7.12. The lowest BCUT2D eigenvalue weighted by molar-refractivity contribution is -0.136. The van der Waals surface area contributed by atoms with Crippen LogP contribution in [0.15, 0.2) is 24.3 Å². The van der Waals surface area contributed by atoms with Gasteiger partial charge in [-0.2, -0.15) is 0 Å². The minimum Gasteiger partial charge on any atom is -0.494 e. The topological polar surface area (TPSA) is 38.8 Å². The zero-order chi connectivity index (χ0) is 15.1. The zero-order valence-electron chi connectivity index (χ0n) is 13.1. The highest BCUT2D eigenvalue weighted by molar-refractivity contribution is 5.78. The summed E-state index contributed by atoms with van der Waals surface area (Å²) in [6.45, 7) is 10.7. The number of carbonyl (C=O) groups excluding carboxylic acids is 1. The largest absolute Gasteiger partial charge is 0.494 e. The Bertz CT molecular complexity index is 404. The number of rotatable bonds is 7. The van der Waals surface area contributed by atoms with E-state index in [-0.39, 0.29) is 24.6 Å². The molecule has 0 saturated carbocycles. The summed E-state index contributed by atoms with van der Waals surface area (Å²) in [5, 5.41) is 0. The average Bonchev–Trinajstić information content (AvgIpc) is 2.37. The molecule has 0 N–H and O–H groups in total. The van der Waals surface area contributed by atoms with Crippen molar-refractivity contribution in [3.8, 4) is 11.5 Å². The molecular formula is C16H25NO3. The Balaban J connectivity index is 2.55. The fraction of sp³-hybridized carbons (Fsp3) is 0.562. The quantitative estimate of drug-likeness (QED) is 0.770. The Morgan fingerprint density at radius 2 is 1.45 bits per heavy atom. The molecule has 1 aromatic rings. The zero-order valence-corrected chi connectivity index (χ0v) is 13.1. The Hall–Kier alpha value is -1.71. The lowest BCUT2D eigenvalue weighted by atomic mass is 10.2. The second-order valence-electron chi connectivity index (χ2n) is 5.18. The molecule has 0 aliphatic carbocycles. The van der Waals surface area contributed by atoms with Crippen molar-refractivity contribution in [1.82, 2.24) is 4.90 Å². The van der Waals surface area contributed by atoms with Crippen molar-refractivity contribution in [2.45, 2.75) is 46.7 Å². The lowest BCUT2D eigenvalue weighted by Crippen LogP contribution is -2.44. The molecule has 0 aromatic heterocycles. The van der Waals surface area contributed by atoms with Gasteiger partial charge in [-0.05, 0) is 58.9 Å². The molecule has 0 heterocycles. The van der Waals surface area contributed by atoms with Gasteiger partial charge in [0.1, 0.15) is 11.5 Å². The van der Waals surface area contributed by atoms with Crippen LogP contribution in [0, 0.1) is 0 Å². The van der Waals surface area contributed by atoms with Gasteiger partial charge in [0.15, 0.2) is 6.61 Å². The summed E-state index contributed by atoms with van der Waals surface area (Å²) in [6.07, 6.45) is 0. The van der Waals surface area contributed by atoms with Crippen molar-refractivity contribution in [3.05, 3.63) is 24.3 Å². The molecule has 0 atom stereocenters. The van der Waals surface area contributed by atoms with Gasteiger partial charge in [-0.1, -0.05) is 0 Å². The van der Waals surface area contributed by atoms with Crippen molar-refractivity contribution >= 4 is 5.91 Å². The van der Waals surface area contributed by atoms with Gasteiger partial charge in [-0.3, -0.25) is 4.79 Å². The summed E-state index contributed by atoms with van der Waals surface area (Å²) >= 11 is 0.